The van der Waals surface area contributed by atoms with Gasteiger partial charge in [-0.05, 0) is 29.5 Å². The summed E-state index contributed by atoms with van der Waals surface area (Å²) in [5.41, 5.74) is 2.80. The number of rotatable bonds is 1. The van der Waals surface area contributed by atoms with E-state index >= 15 is 0 Å². The van der Waals surface area contributed by atoms with Gasteiger partial charge in [0.15, 0.2) is 0 Å². The minimum absolute atomic E-state index is 0.138. The lowest BCUT2D eigenvalue weighted by Gasteiger charge is -2.38. The lowest BCUT2D eigenvalue weighted by Crippen LogP contribution is -2.34. The molecule has 0 spiro atoms. The van der Waals surface area contributed by atoms with Crippen molar-refractivity contribution in [2.24, 2.45) is 0 Å². The molecule has 3 nitrogen and oxygen atoms in total. The molecule has 0 fully saturated rings. The van der Waals surface area contributed by atoms with E-state index < -0.39 is 5.97 Å². The van der Waals surface area contributed by atoms with Crippen molar-refractivity contribution >= 4 is 11.7 Å². The van der Waals surface area contributed by atoms with Gasteiger partial charge in [0.25, 0.3) is 0 Å². The summed E-state index contributed by atoms with van der Waals surface area (Å²) < 4.78 is 0. The first-order valence-electron chi connectivity index (χ1n) is 5.51. The fourth-order valence-electron chi connectivity index (χ4n) is 2.26. The van der Waals surface area contributed by atoms with Crippen molar-refractivity contribution in [3.63, 3.8) is 0 Å². The van der Waals surface area contributed by atoms with Crippen molar-refractivity contribution in [1.82, 2.24) is 0 Å². The molecule has 0 bridgehead atoms. The van der Waals surface area contributed by atoms with Crippen molar-refractivity contribution in [3.05, 3.63) is 29.3 Å². The highest BCUT2D eigenvalue weighted by atomic mass is 16.4. The van der Waals surface area contributed by atoms with E-state index in [0.717, 1.165) is 18.7 Å². The lowest BCUT2D eigenvalue weighted by molar-refractivity contribution is 0.0697. The zero-order valence-electron chi connectivity index (χ0n) is 9.95. The molecule has 0 aliphatic carbocycles. The number of nitrogens with zero attached hydrogens (tertiary/aromatic N) is 1. The largest absolute Gasteiger partial charge is 0.478 e. The SMILES string of the molecule is CN1CCC(C)(C)c2ccc(C(=O)O)cc21. The molecule has 0 radical (unpaired) electrons. The fourth-order valence-corrected chi connectivity index (χ4v) is 2.26. The maximum atomic E-state index is 10.9. The molecule has 3 heteroatoms. The highest BCUT2D eigenvalue weighted by Crippen LogP contribution is 2.39. The van der Waals surface area contributed by atoms with Gasteiger partial charge in [-0.3, -0.25) is 0 Å². The van der Waals surface area contributed by atoms with Crippen molar-refractivity contribution in [1.29, 1.82) is 0 Å². The Morgan fingerprint density at radius 2 is 2.12 bits per heavy atom. The van der Waals surface area contributed by atoms with Crippen LogP contribution in [0.25, 0.3) is 0 Å². The molecule has 0 saturated heterocycles. The zero-order chi connectivity index (χ0) is 11.9. The Hall–Kier alpha value is -1.51. The number of carboxylic acids is 1. The van der Waals surface area contributed by atoms with E-state index in [1.807, 2.05) is 13.1 Å². The van der Waals surface area contributed by atoms with Crippen LogP contribution in [-0.4, -0.2) is 24.7 Å². The molecule has 0 atom stereocenters. The molecule has 0 aromatic heterocycles. The maximum Gasteiger partial charge on any atom is 0.335 e. The van der Waals surface area contributed by atoms with Crippen LogP contribution in [-0.2, 0) is 5.41 Å². The first-order valence-corrected chi connectivity index (χ1v) is 5.51. The molecule has 2 rings (SSSR count). The summed E-state index contributed by atoms with van der Waals surface area (Å²) in [7, 11) is 2.01. The minimum atomic E-state index is -0.862. The van der Waals surface area contributed by atoms with Gasteiger partial charge >= 0.3 is 5.97 Å². The van der Waals surface area contributed by atoms with Crippen LogP contribution in [0.4, 0.5) is 5.69 Å². The van der Waals surface area contributed by atoms with Crippen LogP contribution in [0.3, 0.4) is 0 Å². The second kappa shape index (κ2) is 3.51. The van der Waals surface area contributed by atoms with Gasteiger partial charge in [-0.15, -0.1) is 0 Å². The Balaban J connectivity index is 2.56. The number of fused-ring (bicyclic) bond motifs is 1. The standard InChI is InChI=1S/C13H17NO2/c1-13(2)6-7-14(3)11-8-9(12(15)16)4-5-10(11)13/h4-5,8H,6-7H2,1-3H3,(H,15,16). The third kappa shape index (κ3) is 1.66. The number of aromatic carboxylic acids is 1. The quantitative estimate of drug-likeness (QED) is 0.789. The Morgan fingerprint density at radius 1 is 1.44 bits per heavy atom. The predicted octanol–water partition coefficient (Wildman–Crippen LogP) is 2.50. The Morgan fingerprint density at radius 3 is 2.75 bits per heavy atom. The summed E-state index contributed by atoms with van der Waals surface area (Å²) in [4.78, 5) is 13.1. The van der Waals surface area contributed by atoms with Gasteiger partial charge in [0.1, 0.15) is 0 Å². The van der Waals surface area contributed by atoms with E-state index in [-0.39, 0.29) is 5.41 Å². The van der Waals surface area contributed by atoms with E-state index in [9.17, 15) is 4.79 Å². The van der Waals surface area contributed by atoms with E-state index in [1.54, 1.807) is 12.1 Å². The predicted molar refractivity (Wildman–Crippen MR) is 64.3 cm³/mol. The number of hydrogen-bond acceptors (Lipinski definition) is 2. The number of carboxylic acid groups (broad SMARTS) is 1. The second-order valence-electron chi connectivity index (χ2n) is 5.09. The molecule has 0 unspecified atom stereocenters. The molecule has 1 aliphatic rings. The van der Waals surface area contributed by atoms with Gasteiger partial charge in [-0.2, -0.15) is 0 Å². The van der Waals surface area contributed by atoms with Crippen LogP contribution in [0.15, 0.2) is 18.2 Å². The average molecular weight is 219 g/mol. The molecule has 1 aromatic carbocycles. The van der Waals surface area contributed by atoms with Crippen LogP contribution >= 0.6 is 0 Å². The first-order chi connectivity index (χ1) is 7.42. The Kier molecular flexibility index (Phi) is 2.41. The molecule has 1 aromatic rings. The van der Waals surface area contributed by atoms with E-state index in [1.165, 1.54) is 5.56 Å². The molecular formula is C13H17NO2. The molecule has 1 N–H and O–H groups in total. The molecule has 86 valence electrons. The van der Waals surface area contributed by atoms with Gasteiger partial charge in [0.2, 0.25) is 0 Å². The van der Waals surface area contributed by atoms with Gasteiger partial charge in [-0.1, -0.05) is 19.9 Å². The Bertz CT molecular complexity index is 438. The van der Waals surface area contributed by atoms with Crippen molar-refractivity contribution in [2.45, 2.75) is 25.7 Å². The number of benzene rings is 1. The smallest absolute Gasteiger partial charge is 0.335 e. The van der Waals surface area contributed by atoms with Crippen molar-refractivity contribution in [3.8, 4) is 0 Å². The molecular weight excluding hydrogens is 202 g/mol. The first kappa shape index (κ1) is 11.0. The topological polar surface area (TPSA) is 40.5 Å². The van der Waals surface area contributed by atoms with Crippen LogP contribution in [0.1, 0.15) is 36.2 Å². The minimum Gasteiger partial charge on any atom is -0.478 e. The monoisotopic (exact) mass is 219 g/mol. The maximum absolute atomic E-state index is 10.9. The van der Waals surface area contributed by atoms with Gasteiger partial charge in [-0.25, -0.2) is 4.79 Å². The average Bonchev–Trinajstić information content (AvgIpc) is 2.23. The van der Waals surface area contributed by atoms with Crippen LogP contribution < -0.4 is 4.90 Å². The number of anilines is 1. The normalized spacial score (nSPS) is 18.1. The molecule has 0 saturated carbocycles. The van der Waals surface area contributed by atoms with Crippen molar-refractivity contribution < 1.29 is 9.90 Å². The summed E-state index contributed by atoms with van der Waals surface area (Å²) in [6.07, 6.45) is 1.10. The summed E-state index contributed by atoms with van der Waals surface area (Å²) in [5, 5.41) is 8.98. The van der Waals surface area contributed by atoms with Gasteiger partial charge in [0.05, 0.1) is 5.56 Å². The number of carbonyl (C=O) groups is 1. The molecule has 1 aliphatic heterocycles. The van der Waals surface area contributed by atoms with Crippen LogP contribution in [0, 0.1) is 0 Å². The third-order valence-corrected chi connectivity index (χ3v) is 3.46. The van der Waals surface area contributed by atoms with Gasteiger partial charge in [0, 0.05) is 19.3 Å². The highest BCUT2D eigenvalue weighted by Gasteiger charge is 2.30. The lowest BCUT2D eigenvalue weighted by atomic mass is 9.77. The van der Waals surface area contributed by atoms with Crippen LogP contribution in [0.2, 0.25) is 0 Å². The van der Waals surface area contributed by atoms with Gasteiger partial charge < -0.3 is 10.0 Å². The van der Waals surface area contributed by atoms with Crippen molar-refractivity contribution in [2.75, 3.05) is 18.5 Å². The second-order valence-corrected chi connectivity index (χ2v) is 5.09. The zero-order valence-corrected chi connectivity index (χ0v) is 9.95. The molecule has 1 heterocycles. The molecule has 0 amide bonds. The van der Waals surface area contributed by atoms with E-state index in [2.05, 4.69) is 18.7 Å². The van der Waals surface area contributed by atoms with E-state index in [0.29, 0.717) is 5.56 Å². The Labute approximate surface area is 95.7 Å². The van der Waals surface area contributed by atoms with E-state index in [4.69, 9.17) is 5.11 Å². The number of hydrogen-bond donors (Lipinski definition) is 1. The summed E-state index contributed by atoms with van der Waals surface area (Å²) in [6, 6.07) is 5.43. The highest BCUT2D eigenvalue weighted by molar-refractivity contribution is 5.89. The summed E-state index contributed by atoms with van der Waals surface area (Å²) in [5.74, 6) is -0.862. The fraction of sp³-hybridized carbons (Fsp3) is 0.462. The summed E-state index contributed by atoms with van der Waals surface area (Å²) >= 11 is 0. The third-order valence-electron chi connectivity index (χ3n) is 3.46. The molecule has 16 heavy (non-hydrogen) atoms. The van der Waals surface area contributed by atoms with Crippen LogP contribution in [0.5, 0.6) is 0 Å². The summed E-state index contributed by atoms with van der Waals surface area (Å²) in [6.45, 7) is 5.39.